The van der Waals surface area contributed by atoms with Gasteiger partial charge in [0.05, 0.1) is 0 Å². The number of aliphatic hydroxyl groups is 1. The summed E-state index contributed by atoms with van der Waals surface area (Å²) in [6.07, 6.45) is 3.89. The van der Waals surface area contributed by atoms with Crippen molar-refractivity contribution in [3.63, 3.8) is 0 Å². The molecule has 0 radical (unpaired) electrons. The molecule has 4 nitrogen and oxygen atoms in total. The van der Waals surface area contributed by atoms with Crippen molar-refractivity contribution >= 4 is 5.97 Å². The van der Waals surface area contributed by atoms with E-state index in [1.807, 2.05) is 36.4 Å². The van der Waals surface area contributed by atoms with Crippen LogP contribution in [-0.2, 0) is 15.1 Å². The standard InChI is InChI=1S/C22H25NO3.ClH/c1-23-18-12-13-19(23)15-20(14-18)26-21(24)22(25,16-8-4-2-5-9-16)17-10-6-3-7-11-17;/h2-11,18-20,25H,12-15H2,1H3;1H. The van der Waals surface area contributed by atoms with Crippen LogP contribution in [-0.4, -0.2) is 41.2 Å². The van der Waals surface area contributed by atoms with Gasteiger partial charge in [-0.1, -0.05) is 60.7 Å². The highest BCUT2D eigenvalue weighted by Crippen LogP contribution is 2.37. The van der Waals surface area contributed by atoms with Gasteiger partial charge < -0.3 is 27.2 Å². The van der Waals surface area contributed by atoms with E-state index in [1.165, 1.54) is 0 Å². The Labute approximate surface area is 168 Å². The molecular formula is C22H26ClNO3. The fourth-order valence-electron chi connectivity index (χ4n) is 4.46. The van der Waals surface area contributed by atoms with Crippen molar-refractivity contribution in [1.29, 1.82) is 0 Å². The van der Waals surface area contributed by atoms with Crippen molar-refractivity contribution in [3.05, 3.63) is 71.8 Å². The monoisotopic (exact) mass is 387 g/mol. The van der Waals surface area contributed by atoms with Crippen molar-refractivity contribution in [2.75, 3.05) is 7.05 Å². The number of halogens is 1. The summed E-state index contributed by atoms with van der Waals surface area (Å²) in [5.74, 6) is -0.580. The number of carbonyl (C=O) groups is 1. The average Bonchev–Trinajstić information content (AvgIpc) is 2.89. The molecule has 2 unspecified atom stereocenters. The lowest BCUT2D eigenvalue weighted by Gasteiger charge is -2.37. The number of hydrogen-bond acceptors (Lipinski definition) is 4. The van der Waals surface area contributed by atoms with E-state index in [9.17, 15) is 9.90 Å². The molecule has 0 saturated carbocycles. The highest BCUT2D eigenvalue weighted by atomic mass is 35.5. The van der Waals surface area contributed by atoms with Gasteiger partial charge in [0.25, 0.3) is 0 Å². The lowest BCUT2D eigenvalue weighted by atomic mass is 9.86. The van der Waals surface area contributed by atoms with Crippen molar-refractivity contribution < 1.29 is 28.5 Å². The summed E-state index contributed by atoms with van der Waals surface area (Å²) >= 11 is 0. The molecule has 27 heavy (non-hydrogen) atoms. The molecule has 2 aliphatic rings. The SMILES string of the molecule is CN1C2CCC1CC(OC(=O)C(O)(c1ccccc1)c1ccccc1)C2.[Cl-].[H+]. The lowest BCUT2D eigenvalue weighted by molar-refractivity contribution is -0.171. The Balaban J connectivity index is 0.00000140. The largest absolute Gasteiger partial charge is 1.00 e. The van der Waals surface area contributed by atoms with Gasteiger partial charge in [-0.2, -0.15) is 0 Å². The van der Waals surface area contributed by atoms with E-state index < -0.39 is 11.6 Å². The topological polar surface area (TPSA) is 49.8 Å². The second kappa shape index (κ2) is 8.01. The molecule has 144 valence electrons. The number of nitrogens with zero attached hydrogens (tertiary/aromatic N) is 1. The van der Waals surface area contributed by atoms with E-state index in [-0.39, 0.29) is 19.9 Å². The first-order chi connectivity index (χ1) is 12.6. The summed E-state index contributed by atoms with van der Waals surface area (Å²) < 4.78 is 5.88. The summed E-state index contributed by atoms with van der Waals surface area (Å²) in [5, 5.41) is 11.5. The lowest BCUT2D eigenvalue weighted by Crippen LogP contribution is -3.00. The minimum absolute atomic E-state index is 0. The summed E-state index contributed by atoms with van der Waals surface area (Å²) in [5.41, 5.74) is -0.718. The van der Waals surface area contributed by atoms with Gasteiger partial charge in [-0.15, -0.1) is 0 Å². The Kier molecular flexibility index (Phi) is 5.89. The molecule has 2 heterocycles. The Morgan fingerprint density at radius 3 is 1.89 bits per heavy atom. The highest BCUT2D eigenvalue weighted by Gasteiger charge is 2.45. The van der Waals surface area contributed by atoms with E-state index in [0.717, 1.165) is 25.7 Å². The molecule has 5 heteroatoms. The van der Waals surface area contributed by atoms with Crippen LogP contribution in [0, 0.1) is 0 Å². The molecule has 2 aromatic carbocycles. The van der Waals surface area contributed by atoms with Crippen molar-refractivity contribution in [2.24, 2.45) is 0 Å². The third kappa shape index (κ3) is 3.62. The maximum atomic E-state index is 13.2. The van der Waals surface area contributed by atoms with Crippen molar-refractivity contribution in [1.82, 2.24) is 4.90 Å². The summed E-state index contributed by atoms with van der Waals surface area (Å²) in [6.45, 7) is 0. The van der Waals surface area contributed by atoms with E-state index in [1.54, 1.807) is 24.3 Å². The normalized spacial score (nSPS) is 24.9. The van der Waals surface area contributed by atoms with E-state index in [2.05, 4.69) is 11.9 Å². The molecule has 2 aliphatic heterocycles. The smallest absolute Gasteiger partial charge is 1.00 e. The fourth-order valence-corrected chi connectivity index (χ4v) is 4.46. The number of ether oxygens (including phenoxy) is 1. The summed E-state index contributed by atoms with van der Waals surface area (Å²) in [7, 11) is 2.16. The van der Waals surface area contributed by atoms with Crippen LogP contribution < -0.4 is 12.4 Å². The van der Waals surface area contributed by atoms with E-state index in [0.29, 0.717) is 23.2 Å². The number of fused-ring (bicyclic) bond motifs is 2. The maximum Gasteiger partial charge on any atom is 1.00 e. The molecule has 2 saturated heterocycles. The van der Waals surface area contributed by atoms with Crippen LogP contribution in [0.4, 0.5) is 0 Å². The fraction of sp³-hybridized carbons (Fsp3) is 0.409. The first-order valence-corrected chi connectivity index (χ1v) is 9.35. The molecule has 1 N–H and O–H groups in total. The second-order valence-corrected chi connectivity index (χ2v) is 7.49. The van der Waals surface area contributed by atoms with Crippen LogP contribution in [0.5, 0.6) is 0 Å². The number of rotatable bonds is 4. The minimum atomic E-state index is -1.79. The van der Waals surface area contributed by atoms with Crippen LogP contribution in [0.25, 0.3) is 0 Å². The number of benzene rings is 2. The predicted octanol–water partition coefficient (Wildman–Crippen LogP) is 0.207. The molecule has 2 aromatic rings. The van der Waals surface area contributed by atoms with Crippen LogP contribution in [0.15, 0.2) is 60.7 Å². The molecule has 0 spiro atoms. The Morgan fingerprint density at radius 2 is 1.44 bits per heavy atom. The zero-order valence-corrected chi connectivity index (χ0v) is 16.2. The third-order valence-electron chi connectivity index (χ3n) is 6.01. The molecule has 2 atom stereocenters. The molecule has 0 aromatic heterocycles. The first-order valence-electron chi connectivity index (χ1n) is 9.35. The number of hydrogen-bond donors (Lipinski definition) is 1. The minimum Gasteiger partial charge on any atom is -1.00 e. The average molecular weight is 388 g/mol. The van der Waals surface area contributed by atoms with Crippen molar-refractivity contribution in [2.45, 2.75) is 49.5 Å². The van der Waals surface area contributed by atoms with Crippen LogP contribution in [0.2, 0.25) is 0 Å². The zero-order chi connectivity index (χ0) is 18.1. The van der Waals surface area contributed by atoms with Gasteiger partial charge in [0.2, 0.25) is 5.60 Å². The van der Waals surface area contributed by atoms with Crippen LogP contribution >= 0.6 is 0 Å². The third-order valence-corrected chi connectivity index (χ3v) is 6.01. The van der Waals surface area contributed by atoms with Crippen LogP contribution in [0.3, 0.4) is 0 Å². The predicted molar refractivity (Wildman–Crippen MR) is 101 cm³/mol. The highest BCUT2D eigenvalue weighted by molar-refractivity contribution is 5.85. The second-order valence-electron chi connectivity index (χ2n) is 7.49. The zero-order valence-electron chi connectivity index (χ0n) is 16.4. The molecule has 2 fully saturated rings. The van der Waals surface area contributed by atoms with E-state index in [4.69, 9.17) is 4.74 Å². The number of piperidine rings is 1. The van der Waals surface area contributed by atoms with Gasteiger partial charge in [0, 0.05) is 12.1 Å². The molecule has 4 rings (SSSR count). The molecular weight excluding hydrogens is 362 g/mol. The molecule has 0 amide bonds. The van der Waals surface area contributed by atoms with Gasteiger partial charge in [-0.05, 0) is 43.9 Å². The Bertz CT molecular complexity index is 720. The Hall–Kier alpha value is -1.88. The van der Waals surface area contributed by atoms with Crippen molar-refractivity contribution in [3.8, 4) is 0 Å². The maximum absolute atomic E-state index is 13.2. The first kappa shape index (κ1) is 19.9. The van der Waals surface area contributed by atoms with Gasteiger partial charge in [-0.3, -0.25) is 0 Å². The van der Waals surface area contributed by atoms with E-state index >= 15 is 0 Å². The quantitative estimate of drug-likeness (QED) is 0.762. The molecule has 0 aliphatic carbocycles. The van der Waals surface area contributed by atoms with Gasteiger partial charge in [0.15, 0.2) is 0 Å². The van der Waals surface area contributed by atoms with Gasteiger partial charge in [-0.25, -0.2) is 4.79 Å². The number of esters is 1. The van der Waals surface area contributed by atoms with Crippen LogP contribution in [0.1, 0.15) is 38.2 Å². The summed E-state index contributed by atoms with van der Waals surface area (Å²) in [6, 6.07) is 19.1. The number of carbonyl (C=O) groups excluding carboxylic acids is 1. The Morgan fingerprint density at radius 1 is 1.00 bits per heavy atom. The van der Waals surface area contributed by atoms with Gasteiger partial charge >= 0.3 is 7.40 Å². The molecule has 2 bridgehead atoms. The summed E-state index contributed by atoms with van der Waals surface area (Å²) in [4.78, 5) is 15.6. The van der Waals surface area contributed by atoms with Gasteiger partial charge in [0.1, 0.15) is 6.10 Å².